The normalized spacial score (nSPS) is 24.1. The van der Waals surface area contributed by atoms with E-state index in [-0.39, 0.29) is 5.91 Å². The lowest BCUT2D eigenvalue weighted by atomic mass is 9.98. The van der Waals surface area contributed by atoms with Crippen LogP contribution in [-0.4, -0.2) is 49.9 Å². The van der Waals surface area contributed by atoms with Crippen molar-refractivity contribution in [3.8, 4) is 0 Å². The second kappa shape index (κ2) is 6.81. The lowest BCUT2D eigenvalue weighted by Gasteiger charge is -2.21. The number of rotatable bonds is 3. The molecular weight excluding hydrogens is 440 g/mol. The number of amides is 1. The first kappa shape index (κ1) is 18.1. The molecule has 0 unspecified atom stereocenters. The molecule has 3 aromatic rings. The highest BCUT2D eigenvalue weighted by Gasteiger charge is 2.44. The number of nitrogens with zero attached hydrogens (tertiary/aromatic N) is 5. The van der Waals surface area contributed by atoms with Gasteiger partial charge in [-0.1, -0.05) is 0 Å². The molecule has 3 aromatic heterocycles. The number of nitrogens with one attached hydrogen (secondary N) is 1. The van der Waals surface area contributed by atoms with Gasteiger partial charge >= 0.3 is 0 Å². The minimum absolute atomic E-state index is 0.150. The predicted molar refractivity (Wildman–Crippen MR) is 113 cm³/mol. The highest BCUT2D eigenvalue weighted by Crippen LogP contribution is 2.40. The summed E-state index contributed by atoms with van der Waals surface area (Å²) in [5.41, 5.74) is 0.978. The fourth-order valence-corrected chi connectivity index (χ4v) is 5.96. The first-order chi connectivity index (χ1) is 13.5. The van der Waals surface area contributed by atoms with Crippen molar-refractivity contribution in [2.45, 2.75) is 25.8 Å². The second-order valence-electron chi connectivity index (χ2n) is 7.74. The number of halogens is 1. The van der Waals surface area contributed by atoms with E-state index in [9.17, 15) is 4.79 Å². The Morgan fingerprint density at radius 3 is 2.89 bits per heavy atom. The van der Waals surface area contributed by atoms with Crippen LogP contribution in [0.4, 0.5) is 5.82 Å². The van der Waals surface area contributed by atoms with Crippen LogP contribution < -0.4 is 5.32 Å². The third-order valence-electron chi connectivity index (χ3n) is 6.02. The van der Waals surface area contributed by atoms with Crippen LogP contribution >= 0.6 is 27.3 Å². The van der Waals surface area contributed by atoms with Gasteiger partial charge < -0.3 is 10.2 Å². The molecule has 1 saturated heterocycles. The van der Waals surface area contributed by atoms with E-state index in [1.807, 2.05) is 41.8 Å². The van der Waals surface area contributed by atoms with Crippen molar-refractivity contribution in [3.05, 3.63) is 33.4 Å². The van der Waals surface area contributed by atoms with Crippen LogP contribution in [0.3, 0.4) is 0 Å². The van der Waals surface area contributed by atoms with Crippen molar-refractivity contribution < 1.29 is 4.79 Å². The van der Waals surface area contributed by atoms with E-state index < -0.39 is 0 Å². The number of likely N-dealkylation sites (tertiary alicyclic amines) is 1. The van der Waals surface area contributed by atoms with E-state index in [1.54, 1.807) is 11.3 Å². The summed E-state index contributed by atoms with van der Waals surface area (Å²) >= 11 is 4.86. The number of fused-ring (bicyclic) bond motifs is 2. The number of hydrogen-bond donors (Lipinski definition) is 1. The van der Waals surface area contributed by atoms with Gasteiger partial charge in [0, 0.05) is 37.5 Å². The summed E-state index contributed by atoms with van der Waals surface area (Å²) in [6, 6.07) is 6.18. The van der Waals surface area contributed by atoms with E-state index in [4.69, 9.17) is 0 Å². The van der Waals surface area contributed by atoms with E-state index in [0.717, 1.165) is 57.1 Å². The van der Waals surface area contributed by atoms with Gasteiger partial charge in [0.15, 0.2) is 0 Å². The zero-order valence-corrected chi connectivity index (χ0v) is 18.1. The lowest BCUT2D eigenvalue weighted by Crippen LogP contribution is -2.33. The molecule has 146 valence electrons. The van der Waals surface area contributed by atoms with Gasteiger partial charge in [0.1, 0.15) is 15.3 Å². The fourth-order valence-electron chi connectivity index (χ4n) is 4.66. The molecule has 0 aromatic carbocycles. The summed E-state index contributed by atoms with van der Waals surface area (Å²) in [4.78, 5) is 17.0. The van der Waals surface area contributed by atoms with Crippen LogP contribution in [0.2, 0.25) is 0 Å². The van der Waals surface area contributed by atoms with Gasteiger partial charge in [0.25, 0.3) is 5.91 Å². The van der Waals surface area contributed by atoms with Crippen LogP contribution in [0.15, 0.2) is 22.8 Å². The Kier molecular flexibility index (Phi) is 4.39. The Labute approximate surface area is 175 Å². The minimum Gasteiger partial charge on any atom is -0.365 e. The Morgan fingerprint density at radius 1 is 1.29 bits per heavy atom. The summed E-state index contributed by atoms with van der Waals surface area (Å²) in [6.07, 6.45) is 2.26. The van der Waals surface area contributed by atoms with Gasteiger partial charge in [-0.15, -0.1) is 21.5 Å². The Morgan fingerprint density at radius 2 is 2.14 bits per heavy atom. The molecule has 28 heavy (non-hydrogen) atoms. The van der Waals surface area contributed by atoms with Crippen LogP contribution in [0, 0.1) is 18.8 Å². The van der Waals surface area contributed by atoms with Crippen molar-refractivity contribution in [1.29, 1.82) is 0 Å². The minimum atomic E-state index is 0.150. The number of hydrogen-bond acceptors (Lipinski definition) is 6. The van der Waals surface area contributed by atoms with Crippen molar-refractivity contribution in [2.24, 2.45) is 18.9 Å². The van der Waals surface area contributed by atoms with Crippen LogP contribution in [0.5, 0.6) is 0 Å². The molecule has 7 nitrogen and oxygen atoms in total. The predicted octanol–water partition coefficient (Wildman–Crippen LogP) is 3.46. The van der Waals surface area contributed by atoms with Gasteiger partial charge in [0.2, 0.25) is 0 Å². The number of aromatic nitrogens is 4. The molecule has 9 heteroatoms. The molecule has 0 bridgehead atoms. The zero-order chi connectivity index (χ0) is 19.4. The first-order valence-electron chi connectivity index (χ1n) is 9.48. The maximum absolute atomic E-state index is 13.1. The molecule has 1 aliphatic heterocycles. The highest BCUT2D eigenvalue weighted by atomic mass is 79.9. The van der Waals surface area contributed by atoms with Crippen molar-refractivity contribution in [1.82, 2.24) is 24.9 Å². The Balaban J connectivity index is 1.31. The number of carbonyl (C=O) groups is 1. The van der Waals surface area contributed by atoms with Crippen molar-refractivity contribution >= 4 is 49.2 Å². The monoisotopic (exact) mass is 460 g/mol. The lowest BCUT2D eigenvalue weighted by molar-refractivity contribution is 0.0785. The summed E-state index contributed by atoms with van der Waals surface area (Å²) in [7, 11) is 1.93. The molecule has 0 radical (unpaired) electrons. The molecule has 4 heterocycles. The SMILES string of the molecule is Cc1nn(C)c2sc(C(=O)N3C[C@@H]4CC[C@@H](Nc5ccc(Br)nn5)[C@@H]4C3)cc12. The molecule has 1 saturated carbocycles. The molecule has 5 rings (SSSR count). The number of anilines is 1. The van der Waals surface area contributed by atoms with Crippen LogP contribution in [0.1, 0.15) is 28.2 Å². The second-order valence-corrected chi connectivity index (χ2v) is 9.59. The average Bonchev–Trinajstić information content (AvgIpc) is 3.41. The third kappa shape index (κ3) is 3.00. The van der Waals surface area contributed by atoms with E-state index >= 15 is 0 Å². The van der Waals surface area contributed by atoms with Gasteiger partial charge in [-0.25, -0.2) is 0 Å². The summed E-state index contributed by atoms with van der Waals surface area (Å²) in [6.45, 7) is 3.64. The average molecular weight is 461 g/mol. The molecule has 1 N–H and O–H groups in total. The van der Waals surface area contributed by atoms with Crippen LogP contribution in [0.25, 0.3) is 10.2 Å². The molecule has 1 amide bonds. The summed E-state index contributed by atoms with van der Waals surface area (Å²) in [5.74, 6) is 1.97. The largest absolute Gasteiger partial charge is 0.365 e. The molecule has 0 spiro atoms. The van der Waals surface area contributed by atoms with Crippen molar-refractivity contribution in [3.63, 3.8) is 0 Å². The number of thiophene rings is 1. The Bertz CT molecular complexity index is 1010. The van der Waals surface area contributed by atoms with E-state index in [1.165, 1.54) is 0 Å². The summed E-state index contributed by atoms with van der Waals surface area (Å²) in [5, 5.41) is 17.3. The van der Waals surface area contributed by atoms with E-state index in [2.05, 4.69) is 36.5 Å². The van der Waals surface area contributed by atoms with Crippen LogP contribution in [-0.2, 0) is 7.05 Å². The molecule has 2 fully saturated rings. The number of carbonyl (C=O) groups excluding carboxylic acids is 1. The third-order valence-corrected chi connectivity index (χ3v) is 7.63. The first-order valence-corrected chi connectivity index (χ1v) is 11.1. The smallest absolute Gasteiger partial charge is 0.264 e. The Hall–Kier alpha value is -2.00. The molecule has 2 aliphatic rings. The maximum atomic E-state index is 13.1. The number of aryl methyl sites for hydroxylation is 2. The fraction of sp³-hybridized carbons (Fsp3) is 0.474. The van der Waals surface area contributed by atoms with Crippen molar-refractivity contribution in [2.75, 3.05) is 18.4 Å². The standard InChI is InChI=1S/C19H21BrN6OS/c1-10-12-7-15(28-19(12)25(2)24-10)18(27)26-8-11-3-4-14(13(11)9-26)21-17-6-5-16(20)22-23-17/h5-7,11,13-14H,3-4,8-9H2,1-2H3,(H,21,23)/t11-,13+,14+/m0/s1. The quantitative estimate of drug-likeness (QED) is 0.647. The molecule has 1 aliphatic carbocycles. The molecule has 3 atom stereocenters. The highest BCUT2D eigenvalue weighted by molar-refractivity contribution is 9.10. The molecular formula is C19H21BrN6OS. The van der Waals surface area contributed by atoms with Gasteiger partial charge in [-0.3, -0.25) is 9.48 Å². The van der Waals surface area contributed by atoms with Gasteiger partial charge in [0.05, 0.1) is 10.6 Å². The maximum Gasteiger partial charge on any atom is 0.264 e. The summed E-state index contributed by atoms with van der Waals surface area (Å²) < 4.78 is 2.60. The van der Waals surface area contributed by atoms with Gasteiger partial charge in [-0.05, 0) is 59.8 Å². The zero-order valence-electron chi connectivity index (χ0n) is 15.7. The van der Waals surface area contributed by atoms with E-state index in [0.29, 0.717) is 17.9 Å². The van der Waals surface area contributed by atoms with Gasteiger partial charge in [-0.2, -0.15) is 5.10 Å². The topological polar surface area (TPSA) is 75.9 Å².